The molecule has 6 heteroatoms. The van der Waals surface area contributed by atoms with Crippen molar-refractivity contribution in [3.05, 3.63) is 0 Å². The van der Waals surface area contributed by atoms with E-state index in [1.807, 2.05) is 20.8 Å². The minimum atomic E-state index is -0.488. The lowest BCUT2D eigenvalue weighted by molar-refractivity contribution is -0.130. The fourth-order valence-electron chi connectivity index (χ4n) is 2.33. The van der Waals surface area contributed by atoms with E-state index in [1.165, 1.54) is 0 Å². The summed E-state index contributed by atoms with van der Waals surface area (Å²) in [5, 5.41) is 0. The number of carbonyl (C=O) groups is 2. The number of hydrogen-bond acceptors (Lipinski definition) is 3. The highest BCUT2D eigenvalue weighted by molar-refractivity contribution is 6.27. The Kier molecular flexibility index (Phi) is 6.11. The lowest BCUT2D eigenvalue weighted by atomic mass is 9.97. The van der Waals surface area contributed by atoms with Crippen LogP contribution < -0.4 is 0 Å². The summed E-state index contributed by atoms with van der Waals surface area (Å²) in [6.07, 6.45) is 1.65. The van der Waals surface area contributed by atoms with Crippen molar-refractivity contribution >= 4 is 23.6 Å². The molecule has 0 aromatic carbocycles. The Morgan fingerprint density at radius 2 is 2.05 bits per heavy atom. The molecule has 0 bridgehead atoms. The summed E-state index contributed by atoms with van der Waals surface area (Å²) in [5.41, 5.74) is -0.488. The molecular weight excluding hydrogens is 280 g/mol. The van der Waals surface area contributed by atoms with Crippen molar-refractivity contribution in [2.75, 3.05) is 32.6 Å². The van der Waals surface area contributed by atoms with Gasteiger partial charge < -0.3 is 14.5 Å². The minimum Gasteiger partial charge on any atom is -0.444 e. The highest BCUT2D eigenvalue weighted by atomic mass is 35.5. The molecule has 0 aliphatic carbocycles. The first-order valence-electron chi connectivity index (χ1n) is 7.01. The lowest BCUT2D eigenvalue weighted by Gasteiger charge is -2.34. The minimum absolute atomic E-state index is 0.0224. The van der Waals surface area contributed by atoms with Gasteiger partial charge in [0, 0.05) is 26.7 Å². The molecule has 1 aliphatic heterocycles. The molecule has 0 unspecified atom stereocenters. The maximum Gasteiger partial charge on any atom is 0.410 e. The number of nitrogens with zero attached hydrogens (tertiary/aromatic N) is 2. The van der Waals surface area contributed by atoms with Gasteiger partial charge in [-0.3, -0.25) is 4.79 Å². The number of ether oxygens (including phenoxy) is 1. The fraction of sp³-hybridized carbons (Fsp3) is 0.857. The van der Waals surface area contributed by atoms with Crippen LogP contribution in [0, 0.1) is 5.92 Å². The van der Waals surface area contributed by atoms with Crippen LogP contribution in [0.4, 0.5) is 4.79 Å². The first-order valence-corrected chi connectivity index (χ1v) is 7.54. The average Bonchev–Trinajstić information content (AvgIpc) is 2.36. The van der Waals surface area contributed by atoms with E-state index in [0.717, 1.165) is 19.4 Å². The third kappa shape index (κ3) is 5.57. The van der Waals surface area contributed by atoms with Crippen molar-refractivity contribution in [2.45, 2.75) is 39.2 Å². The number of amides is 2. The molecule has 2 amide bonds. The van der Waals surface area contributed by atoms with Gasteiger partial charge in [-0.05, 0) is 39.5 Å². The second-order valence-electron chi connectivity index (χ2n) is 6.34. The molecule has 0 saturated carbocycles. The van der Waals surface area contributed by atoms with Gasteiger partial charge in [0.05, 0.1) is 0 Å². The highest BCUT2D eigenvalue weighted by Gasteiger charge is 2.26. The monoisotopic (exact) mass is 304 g/mol. The van der Waals surface area contributed by atoms with Gasteiger partial charge in [0.15, 0.2) is 0 Å². The summed E-state index contributed by atoms with van der Waals surface area (Å²) in [6.45, 7) is 7.57. The smallest absolute Gasteiger partial charge is 0.410 e. The van der Waals surface area contributed by atoms with Crippen LogP contribution in [0.15, 0.2) is 0 Å². The van der Waals surface area contributed by atoms with Crippen LogP contribution in [0.25, 0.3) is 0 Å². The summed E-state index contributed by atoms with van der Waals surface area (Å²) in [4.78, 5) is 26.9. The molecule has 5 nitrogen and oxygen atoms in total. The third-order valence-corrected chi connectivity index (χ3v) is 3.45. The summed E-state index contributed by atoms with van der Waals surface area (Å²) in [5.74, 6) is 0.277. The second kappa shape index (κ2) is 7.16. The topological polar surface area (TPSA) is 49.9 Å². The Labute approximate surface area is 126 Å². The Bertz CT molecular complexity index is 355. The van der Waals surface area contributed by atoms with Gasteiger partial charge >= 0.3 is 6.09 Å². The number of alkyl halides is 1. The highest BCUT2D eigenvalue weighted by Crippen LogP contribution is 2.18. The van der Waals surface area contributed by atoms with Gasteiger partial charge in [0.25, 0.3) is 0 Å². The molecule has 0 aromatic rings. The zero-order valence-electron chi connectivity index (χ0n) is 12.8. The SMILES string of the molecule is CN(C[C@H]1CCCN(C(=O)CCl)C1)C(=O)OC(C)(C)C. The van der Waals surface area contributed by atoms with E-state index in [9.17, 15) is 9.59 Å². The molecule has 0 spiro atoms. The molecular formula is C14H25ClN2O3. The molecule has 1 fully saturated rings. The maximum absolute atomic E-state index is 11.9. The zero-order valence-corrected chi connectivity index (χ0v) is 13.6. The van der Waals surface area contributed by atoms with Gasteiger partial charge in [-0.1, -0.05) is 0 Å². The number of halogens is 1. The molecule has 116 valence electrons. The van der Waals surface area contributed by atoms with Crippen LogP contribution in [-0.4, -0.2) is 60.0 Å². The van der Waals surface area contributed by atoms with Crippen LogP contribution in [0.2, 0.25) is 0 Å². The van der Waals surface area contributed by atoms with Gasteiger partial charge in [0.1, 0.15) is 11.5 Å². The normalized spacial score (nSPS) is 19.6. The van der Waals surface area contributed by atoms with Crippen LogP contribution in [-0.2, 0) is 9.53 Å². The first-order chi connectivity index (χ1) is 9.23. The number of hydrogen-bond donors (Lipinski definition) is 0. The van der Waals surface area contributed by atoms with E-state index >= 15 is 0 Å². The first kappa shape index (κ1) is 17.1. The zero-order chi connectivity index (χ0) is 15.3. The van der Waals surface area contributed by atoms with E-state index in [2.05, 4.69) is 0 Å². The molecule has 0 N–H and O–H groups in total. The molecule has 1 atom stereocenters. The summed E-state index contributed by atoms with van der Waals surface area (Å²) < 4.78 is 5.32. The predicted octanol–water partition coefficient (Wildman–Crippen LogP) is 2.33. The van der Waals surface area contributed by atoms with E-state index in [0.29, 0.717) is 13.1 Å². The number of piperidine rings is 1. The van der Waals surface area contributed by atoms with E-state index < -0.39 is 5.60 Å². The average molecular weight is 305 g/mol. The number of likely N-dealkylation sites (tertiary alicyclic amines) is 1. The van der Waals surface area contributed by atoms with Gasteiger partial charge in [-0.2, -0.15) is 0 Å². The quantitative estimate of drug-likeness (QED) is 0.752. The largest absolute Gasteiger partial charge is 0.444 e. The lowest BCUT2D eigenvalue weighted by Crippen LogP contribution is -2.45. The molecule has 0 radical (unpaired) electrons. The summed E-state index contributed by atoms with van der Waals surface area (Å²) in [7, 11) is 1.73. The molecule has 1 aliphatic rings. The van der Waals surface area contributed by atoms with Gasteiger partial charge in [-0.25, -0.2) is 4.79 Å². The third-order valence-electron chi connectivity index (χ3n) is 3.22. The predicted molar refractivity (Wildman–Crippen MR) is 78.9 cm³/mol. The Morgan fingerprint density at radius 3 is 2.60 bits per heavy atom. The van der Waals surface area contributed by atoms with Crippen molar-refractivity contribution in [2.24, 2.45) is 5.92 Å². The van der Waals surface area contributed by atoms with Crippen LogP contribution in [0.3, 0.4) is 0 Å². The van der Waals surface area contributed by atoms with E-state index in [-0.39, 0.29) is 23.8 Å². The van der Waals surface area contributed by atoms with Crippen molar-refractivity contribution in [1.29, 1.82) is 0 Å². The second-order valence-corrected chi connectivity index (χ2v) is 6.61. The maximum atomic E-state index is 11.9. The Balaban J connectivity index is 2.47. The van der Waals surface area contributed by atoms with Crippen LogP contribution in [0.1, 0.15) is 33.6 Å². The van der Waals surface area contributed by atoms with E-state index in [1.54, 1.807) is 16.8 Å². The van der Waals surface area contributed by atoms with Crippen LogP contribution in [0.5, 0.6) is 0 Å². The standard InChI is InChI=1S/C14H25ClN2O3/c1-14(2,3)20-13(19)16(4)9-11-6-5-7-17(10-11)12(18)8-15/h11H,5-10H2,1-4H3/t11-/m1/s1. The van der Waals surface area contributed by atoms with E-state index in [4.69, 9.17) is 16.3 Å². The Morgan fingerprint density at radius 1 is 1.40 bits per heavy atom. The van der Waals surface area contributed by atoms with Crippen molar-refractivity contribution in [1.82, 2.24) is 9.80 Å². The fourth-order valence-corrected chi connectivity index (χ4v) is 2.50. The molecule has 20 heavy (non-hydrogen) atoms. The molecule has 1 heterocycles. The Hall–Kier alpha value is -0.970. The van der Waals surface area contributed by atoms with Gasteiger partial charge in [0.2, 0.25) is 5.91 Å². The molecule has 1 rings (SSSR count). The van der Waals surface area contributed by atoms with Crippen LogP contribution >= 0.6 is 11.6 Å². The number of rotatable bonds is 3. The van der Waals surface area contributed by atoms with Crippen molar-refractivity contribution < 1.29 is 14.3 Å². The molecule has 1 saturated heterocycles. The van der Waals surface area contributed by atoms with Crippen molar-refractivity contribution in [3.8, 4) is 0 Å². The van der Waals surface area contributed by atoms with Crippen molar-refractivity contribution in [3.63, 3.8) is 0 Å². The number of carbonyl (C=O) groups excluding carboxylic acids is 2. The summed E-state index contributed by atoms with van der Waals surface area (Å²) in [6, 6.07) is 0. The summed E-state index contributed by atoms with van der Waals surface area (Å²) >= 11 is 5.59. The molecule has 0 aromatic heterocycles. The van der Waals surface area contributed by atoms with Gasteiger partial charge in [-0.15, -0.1) is 11.6 Å².